The van der Waals surface area contributed by atoms with Gasteiger partial charge in [0.15, 0.2) is 0 Å². The van der Waals surface area contributed by atoms with E-state index in [0.29, 0.717) is 25.4 Å². The Morgan fingerprint density at radius 3 is 2.81 bits per heavy atom. The van der Waals surface area contributed by atoms with Crippen molar-refractivity contribution >= 4 is 41.3 Å². The molecule has 0 radical (unpaired) electrons. The normalized spacial score (nSPS) is 20.9. The maximum atomic E-state index is 12.4. The van der Waals surface area contributed by atoms with Crippen LogP contribution >= 0.6 is 35.3 Å². The van der Waals surface area contributed by atoms with Crippen molar-refractivity contribution < 1.29 is 4.79 Å². The van der Waals surface area contributed by atoms with Gasteiger partial charge in [0, 0.05) is 23.9 Å². The molecule has 0 aliphatic heterocycles. The highest BCUT2D eigenvalue weighted by atomic mass is 35.5. The molecule has 0 bridgehead atoms. The highest BCUT2D eigenvalue weighted by Gasteiger charge is 2.27. The Kier molecular flexibility index (Phi) is 7.74. The van der Waals surface area contributed by atoms with Crippen LogP contribution in [0.5, 0.6) is 0 Å². The Balaban J connectivity index is 0.00000220. The summed E-state index contributed by atoms with van der Waals surface area (Å²) in [6.45, 7) is 4.90. The molecule has 1 saturated carbocycles. The third-order valence-electron chi connectivity index (χ3n) is 3.83. The van der Waals surface area contributed by atoms with Gasteiger partial charge in [-0.15, -0.1) is 30.3 Å². The number of carbonyl (C=O) groups is 1. The Morgan fingerprint density at radius 2 is 2.29 bits per heavy atom. The second kappa shape index (κ2) is 8.79. The van der Waals surface area contributed by atoms with E-state index in [1.165, 1.54) is 11.3 Å². The van der Waals surface area contributed by atoms with E-state index in [4.69, 9.17) is 17.3 Å². The van der Waals surface area contributed by atoms with E-state index >= 15 is 0 Å². The lowest BCUT2D eigenvalue weighted by molar-refractivity contribution is -0.132. The van der Waals surface area contributed by atoms with Gasteiger partial charge in [0.05, 0.1) is 10.9 Å². The molecule has 1 heterocycles. The van der Waals surface area contributed by atoms with Crippen LogP contribution in [-0.4, -0.2) is 23.4 Å². The monoisotopic (exact) mass is 348 g/mol. The van der Waals surface area contributed by atoms with Gasteiger partial charge in [-0.05, 0) is 30.9 Å². The molecule has 1 aromatic rings. The average Bonchev–Trinajstić information content (AvgIpc) is 2.99. The van der Waals surface area contributed by atoms with E-state index in [1.54, 1.807) is 6.08 Å². The number of carbonyl (C=O) groups excluding carboxylic acids is 1. The van der Waals surface area contributed by atoms with E-state index in [-0.39, 0.29) is 24.4 Å². The lowest BCUT2D eigenvalue weighted by Gasteiger charge is -2.23. The fourth-order valence-electron chi connectivity index (χ4n) is 2.71. The Bertz CT molecular complexity index is 478. The number of amides is 1. The molecule has 6 heteroatoms. The van der Waals surface area contributed by atoms with Crippen LogP contribution < -0.4 is 5.73 Å². The minimum Gasteiger partial charge on any atom is -0.334 e. The predicted molar refractivity (Wildman–Crippen MR) is 92.1 cm³/mol. The quantitative estimate of drug-likeness (QED) is 0.793. The zero-order chi connectivity index (χ0) is 14.5. The van der Waals surface area contributed by atoms with Crippen molar-refractivity contribution in [3.8, 4) is 0 Å². The lowest BCUT2D eigenvalue weighted by atomic mass is 9.99. The van der Waals surface area contributed by atoms with Gasteiger partial charge in [0.25, 0.3) is 0 Å². The first kappa shape index (κ1) is 18.5. The van der Waals surface area contributed by atoms with Crippen molar-refractivity contribution in [2.45, 2.75) is 38.3 Å². The maximum absolute atomic E-state index is 12.4. The number of halogens is 2. The van der Waals surface area contributed by atoms with Crippen LogP contribution in [0.25, 0.3) is 0 Å². The van der Waals surface area contributed by atoms with Crippen LogP contribution in [0.3, 0.4) is 0 Å². The molecule has 0 spiro atoms. The van der Waals surface area contributed by atoms with Crippen molar-refractivity contribution in [1.82, 2.24) is 4.90 Å². The number of hydrogen-bond acceptors (Lipinski definition) is 3. The fourth-order valence-corrected chi connectivity index (χ4v) is 3.81. The number of rotatable bonds is 6. The third kappa shape index (κ3) is 5.29. The number of nitrogens with two attached hydrogens (primary N) is 1. The summed E-state index contributed by atoms with van der Waals surface area (Å²) in [6, 6.07) is 4.02. The van der Waals surface area contributed by atoms with Crippen LogP contribution in [0.2, 0.25) is 4.34 Å². The smallest absolute Gasteiger partial charge is 0.223 e. The van der Waals surface area contributed by atoms with Gasteiger partial charge in [0.2, 0.25) is 5.91 Å². The molecule has 2 rings (SSSR count). The van der Waals surface area contributed by atoms with Gasteiger partial charge < -0.3 is 10.6 Å². The summed E-state index contributed by atoms with van der Waals surface area (Å²) >= 11 is 7.45. The number of thiophene rings is 1. The SMILES string of the molecule is C=CCN(Cc1ccc(Cl)s1)C(=O)C[C@@H]1CCC[C@H]1N.Cl. The minimum absolute atomic E-state index is 0. The van der Waals surface area contributed by atoms with E-state index in [2.05, 4.69) is 6.58 Å². The Labute approximate surface area is 141 Å². The first-order valence-corrected chi connectivity index (χ1v) is 8.18. The number of nitrogens with zero attached hydrogens (tertiary/aromatic N) is 1. The topological polar surface area (TPSA) is 46.3 Å². The summed E-state index contributed by atoms with van der Waals surface area (Å²) in [6.07, 6.45) is 5.57. The zero-order valence-corrected chi connectivity index (χ0v) is 14.4. The zero-order valence-electron chi connectivity index (χ0n) is 12.0. The molecule has 1 aromatic heterocycles. The lowest BCUT2D eigenvalue weighted by Crippen LogP contribution is -2.35. The molecule has 21 heavy (non-hydrogen) atoms. The largest absolute Gasteiger partial charge is 0.334 e. The van der Waals surface area contributed by atoms with Gasteiger partial charge in [-0.3, -0.25) is 4.79 Å². The van der Waals surface area contributed by atoms with Gasteiger partial charge >= 0.3 is 0 Å². The van der Waals surface area contributed by atoms with Gasteiger partial charge in [-0.1, -0.05) is 24.1 Å². The summed E-state index contributed by atoms with van der Waals surface area (Å²) in [4.78, 5) is 15.4. The van der Waals surface area contributed by atoms with Crippen molar-refractivity contribution in [2.24, 2.45) is 11.7 Å². The minimum atomic E-state index is 0. The van der Waals surface area contributed by atoms with E-state index in [1.807, 2.05) is 17.0 Å². The molecule has 2 N–H and O–H groups in total. The van der Waals surface area contributed by atoms with Crippen LogP contribution in [0, 0.1) is 5.92 Å². The van der Waals surface area contributed by atoms with E-state index in [0.717, 1.165) is 28.5 Å². The summed E-state index contributed by atoms with van der Waals surface area (Å²) in [7, 11) is 0. The van der Waals surface area contributed by atoms with Gasteiger partial charge in [-0.2, -0.15) is 0 Å². The number of hydrogen-bond donors (Lipinski definition) is 1. The van der Waals surface area contributed by atoms with Crippen molar-refractivity contribution in [3.63, 3.8) is 0 Å². The average molecular weight is 349 g/mol. The molecule has 3 nitrogen and oxygen atoms in total. The molecular formula is C15H22Cl2N2OS. The molecule has 0 unspecified atom stereocenters. The molecule has 1 fully saturated rings. The van der Waals surface area contributed by atoms with Crippen molar-refractivity contribution in [3.05, 3.63) is 34.0 Å². The van der Waals surface area contributed by atoms with Crippen LogP contribution in [0.1, 0.15) is 30.6 Å². The summed E-state index contributed by atoms with van der Waals surface area (Å²) in [5.41, 5.74) is 6.05. The van der Waals surface area contributed by atoms with E-state index < -0.39 is 0 Å². The summed E-state index contributed by atoms with van der Waals surface area (Å²) in [5, 5.41) is 0. The highest BCUT2D eigenvalue weighted by molar-refractivity contribution is 7.16. The second-order valence-electron chi connectivity index (χ2n) is 5.33. The molecule has 118 valence electrons. The van der Waals surface area contributed by atoms with Crippen LogP contribution in [0.4, 0.5) is 0 Å². The summed E-state index contributed by atoms with van der Waals surface area (Å²) in [5.74, 6) is 0.499. The van der Waals surface area contributed by atoms with Crippen molar-refractivity contribution in [2.75, 3.05) is 6.54 Å². The molecule has 1 amide bonds. The molecule has 0 aromatic carbocycles. The Hall–Kier alpha value is -0.550. The first-order valence-electron chi connectivity index (χ1n) is 6.98. The highest BCUT2D eigenvalue weighted by Crippen LogP contribution is 2.28. The van der Waals surface area contributed by atoms with Crippen LogP contribution in [-0.2, 0) is 11.3 Å². The van der Waals surface area contributed by atoms with Crippen LogP contribution in [0.15, 0.2) is 24.8 Å². The van der Waals surface area contributed by atoms with Crippen molar-refractivity contribution in [1.29, 1.82) is 0 Å². The predicted octanol–water partition coefficient (Wildman–Crippen LogP) is 3.86. The van der Waals surface area contributed by atoms with E-state index in [9.17, 15) is 4.79 Å². The maximum Gasteiger partial charge on any atom is 0.223 e. The fraction of sp³-hybridized carbons (Fsp3) is 0.533. The first-order chi connectivity index (χ1) is 9.60. The summed E-state index contributed by atoms with van der Waals surface area (Å²) < 4.78 is 0.754. The third-order valence-corrected chi connectivity index (χ3v) is 5.05. The Morgan fingerprint density at radius 1 is 1.52 bits per heavy atom. The molecule has 2 atom stereocenters. The standard InChI is InChI=1S/C15H21ClN2OS.ClH/c1-2-8-18(10-12-6-7-14(16)20-12)15(19)9-11-4-3-5-13(11)17;/h2,6-7,11,13H,1,3-5,8-10,17H2;1H/t11-,13+;/m0./s1. The molecule has 1 aliphatic rings. The molecule has 1 aliphatic carbocycles. The molecular weight excluding hydrogens is 327 g/mol. The molecule has 0 saturated heterocycles. The van der Waals surface area contributed by atoms with Gasteiger partial charge in [-0.25, -0.2) is 0 Å². The van der Waals surface area contributed by atoms with Gasteiger partial charge in [0.1, 0.15) is 0 Å². The second-order valence-corrected chi connectivity index (χ2v) is 7.13.